The molecule has 3 rings (SSSR count). The fourth-order valence-corrected chi connectivity index (χ4v) is 2.32. The minimum Gasteiger partial charge on any atom is -0.471 e. The van der Waals surface area contributed by atoms with Crippen LogP contribution in [0.3, 0.4) is 0 Å². The molecule has 2 aromatic heterocycles. The highest BCUT2D eigenvalue weighted by Gasteiger charge is 2.11. The van der Waals surface area contributed by atoms with Crippen LogP contribution in [0.1, 0.15) is 10.5 Å². The minimum absolute atomic E-state index is 0.209. The largest absolute Gasteiger partial charge is 0.471 e. The first-order valence-electron chi connectivity index (χ1n) is 7.38. The molecule has 0 unspecified atom stereocenters. The Morgan fingerprint density at radius 2 is 2.00 bits per heavy atom. The molecule has 0 fully saturated rings. The molecular formula is C16H16BrN5O3. The second-order valence-electron chi connectivity index (χ2n) is 5.11. The molecule has 2 heterocycles. The van der Waals surface area contributed by atoms with E-state index in [9.17, 15) is 4.79 Å². The summed E-state index contributed by atoms with van der Waals surface area (Å²) in [6.07, 6.45) is 4.90. The summed E-state index contributed by atoms with van der Waals surface area (Å²) in [5.74, 6) is 0.398. The molecule has 0 aliphatic heterocycles. The quantitative estimate of drug-likeness (QED) is 0.653. The summed E-state index contributed by atoms with van der Waals surface area (Å²) >= 11 is 3.37. The topological polar surface area (TPSA) is 83.2 Å². The SMILES string of the molecule is COCn1cc(NC(=O)c2ccn(COc3ccc(Br)cc3)n2)cn1. The summed E-state index contributed by atoms with van der Waals surface area (Å²) in [5, 5.41) is 11.0. The minimum atomic E-state index is -0.320. The van der Waals surface area contributed by atoms with E-state index in [4.69, 9.17) is 9.47 Å². The van der Waals surface area contributed by atoms with Gasteiger partial charge in [0, 0.05) is 17.8 Å². The maximum absolute atomic E-state index is 12.2. The molecule has 9 heteroatoms. The number of methoxy groups -OCH3 is 1. The number of rotatable bonds is 7. The number of halogens is 1. The van der Waals surface area contributed by atoms with Crippen LogP contribution in [0.15, 0.2) is 53.4 Å². The van der Waals surface area contributed by atoms with Gasteiger partial charge in [-0.05, 0) is 30.3 Å². The van der Waals surface area contributed by atoms with E-state index in [2.05, 4.69) is 31.4 Å². The molecule has 0 spiro atoms. The summed E-state index contributed by atoms with van der Waals surface area (Å²) in [5.41, 5.74) is 0.863. The Morgan fingerprint density at radius 1 is 1.20 bits per heavy atom. The molecule has 8 nitrogen and oxygen atoms in total. The van der Waals surface area contributed by atoms with Gasteiger partial charge in [0.2, 0.25) is 0 Å². The molecule has 25 heavy (non-hydrogen) atoms. The molecule has 0 atom stereocenters. The Morgan fingerprint density at radius 3 is 2.76 bits per heavy atom. The van der Waals surface area contributed by atoms with Crippen molar-refractivity contribution in [3.8, 4) is 5.75 Å². The van der Waals surface area contributed by atoms with E-state index in [1.165, 1.54) is 0 Å². The Bertz CT molecular complexity index is 844. The van der Waals surface area contributed by atoms with Crippen LogP contribution in [0.4, 0.5) is 5.69 Å². The number of aromatic nitrogens is 4. The molecular weight excluding hydrogens is 390 g/mol. The van der Waals surface area contributed by atoms with Gasteiger partial charge in [0.15, 0.2) is 12.4 Å². The van der Waals surface area contributed by atoms with E-state index in [1.807, 2.05) is 24.3 Å². The molecule has 1 aromatic carbocycles. The van der Waals surface area contributed by atoms with Crippen LogP contribution in [0.5, 0.6) is 5.75 Å². The number of benzene rings is 1. The van der Waals surface area contributed by atoms with Crippen LogP contribution in [0.2, 0.25) is 0 Å². The van der Waals surface area contributed by atoms with E-state index >= 15 is 0 Å². The van der Waals surface area contributed by atoms with E-state index in [-0.39, 0.29) is 12.6 Å². The predicted molar refractivity (Wildman–Crippen MR) is 94.2 cm³/mol. The van der Waals surface area contributed by atoms with Gasteiger partial charge in [-0.15, -0.1) is 0 Å². The lowest BCUT2D eigenvalue weighted by Crippen LogP contribution is -2.14. The van der Waals surface area contributed by atoms with Crippen molar-refractivity contribution in [1.29, 1.82) is 0 Å². The van der Waals surface area contributed by atoms with E-state index < -0.39 is 0 Å². The van der Waals surface area contributed by atoms with Gasteiger partial charge in [-0.25, -0.2) is 9.36 Å². The lowest BCUT2D eigenvalue weighted by molar-refractivity contribution is 0.102. The van der Waals surface area contributed by atoms with Crippen LogP contribution in [-0.2, 0) is 18.2 Å². The summed E-state index contributed by atoms with van der Waals surface area (Å²) in [7, 11) is 1.57. The number of anilines is 1. The van der Waals surface area contributed by atoms with Crippen molar-refractivity contribution in [3.05, 3.63) is 59.1 Å². The number of ether oxygens (including phenoxy) is 2. The van der Waals surface area contributed by atoms with Crippen molar-refractivity contribution in [3.63, 3.8) is 0 Å². The van der Waals surface area contributed by atoms with Crippen LogP contribution >= 0.6 is 15.9 Å². The molecule has 3 aromatic rings. The van der Waals surface area contributed by atoms with Crippen LogP contribution < -0.4 is 10.1 Å². The second kappa shape index (κ2) is 7.95. The molecule has 0 aliphatic rings. The Labute approximate surface area is 152 Å². The fourth-order valence-electron chi connectivity index (χ4n) is 2.05. The van der Waals surface area contributed by atoms with Gasteiger partial charge in [0.05, 0.1) is 18.1 Å². The van der Waals surface area contributed by atoms with Crippen molar-refractivity contribution >= 4 is 27.5 Å². The van der Waals surface area contributed by atoms with Gasteiger partial charge in [-0.2, -0.15) is 10.2 Å². The molecule has 0 aliphatic carbocycles. The molecule has 1 N–H and O–H groups in total. The van der Waals surface area contributed by atoms with Gasteiger partial charge in [-0.3, -0.25) is 4.79 Å². The second-order valence-corrected chi connectivity index (χ2v) is 6.02. The third-order valence-electron chi connectivity index (χ3n) is 3.20. The average molecular weight is 406 g/mol. The van der Waals surface area contributed by atoms with Gasteiger partial charge in [-0.1, -0.05) is 15.9 Å². The zero-order chi connectivity index (χ0) is 17.6. The van der Waals surface area contributed by atoms with E-state index in [1.54, 1.807) is 41.1 Å². The number of carbonyl (C=O) groups excluding carboxylic acids is 1. The number of carbonyl (C=O) groups is 1. The molecule has 130 valence electrons. The smallest absolute Gasteiger partial charge is 0.276 e. The highest BCUT2D eigenvalue weighted by molar-refractivity contribution is 9.10. The first kappa shape index (κ1) is 17.2. The van der Waals surface area contributed by atoms with Gasteiger partial charge >= 0.3 is 0 Å². The number of amides is 1. The third kappa shape index (κ3) is 4.68. The Kier molecular flexibility index (Phi) is 5.46. The summed E-state index contributed by atoms with van der Waals surface area (Å²) in [6.45, 7) is 0.526. The van der Waals surface area contributed by atoms with Crippen molar-refractivity contribution in [2.45, 2.75) is 13.5 Å². The van der Waals surface area contributed by atoms with Gasteiger partial charge in [0.1, 0.15) is 12.5 Å². The van der Waals surface area contributed by atoms with Crippen molar-refractivity contribution in [2.24, 2.45) is 0 Å². The Hall–Kier alpha value is -2.65. The summed E-state index contributed by atoms with van der Waals surface area (Å²) in [4.78, 5) is 12.2. The maximum Gasteiger partial charge on any atom is 0.276 e. The average Bonchev–Trinajstić information content (AvgIpc) is 3.24. The fraction of sp³-hybridized carbons (Fsp3) is 0.188. The van der Waals surface area contributed by atoms with Crippen LogP contribution in [0.25, 0.3) is 0 Å². The van der Waals surface area contributed by atoms with Crippen LogP contribution in [0, 0.1) is 0 Å². The standard InChI is InChI=1S/C16H16BrN5O3/c1-24-10-22-9-13(8-18-22)19-16(23)15-6-7-21(20-15)11-25-14-4-2-12(17)3-5-14/h2-9H,10-11H2,1H3,(H,19,23). The Balaban J connectivity index is 1.56. The van der Waals surface area contributed by atoms with Gasteiger partial charge in [0.25, 0.3) is 5.91 Å². The summed E-state index contributed by atoms with van der Waals surface area (Å²) < 4.78 is 14.7. The first-order valence-corrected chi connectivity index (χ1v) is 8.18. The zero-order valence-electron chi connectivity index (χ0n) is 13.4. The first-order chi connectivity index (χ1) is 12.1. The molecule has 0 saturated heterocycles. The molecule has 0 radical (unpaired) electrons. The monoisotopic (exact) mass is 405 g/mol. The van der Waals surface area contributed by atoms with E-state index in [0.29, 0.717) is 18.1 Å². The highest BCUT2D eigenvalue weighted by Crippen LogP contribution is 2.16. The van der Waals surface area contributed by atoms with E-state index in [0.717, 1.165) is 10.2 Å². The normalized spacial score (nSPS) is 10.6. The molecule has 0 bridgehead atoms. The maximum atomic E-state index is 12.2. The number of hydrogen-bond acceptors (Lipinski definition) is 5. The highest BCUT2D eigenvalue weighted by atomic mass is 79.9. The predicted octanol–water partition coefficient (Wildman–Crippen LogP) is 2.73. The number of hydrogen-bond donors (Lipinski definition) is 1. The van der Waals surface area contributed by atoms with Crippen LogP contribution in [-0.4, -0.2) is 32.6 Å². The van der Waals surface area contributed by atoms with Crippen molar-refractivity contribution in [1.82, 2.24) is 19.6 Å². The van der Waals surface area contributed by atoms with Crippen molar-refractivity contribution in [2.75, 3.05) is 12.4 Å². The summed E-state index contributed by atoms with van der Waals surface area (Å²) in [6, 6.07) is 9.10. The van der Waals surface area contributed by atoms with Gasteiger partial charge < -0.3 is 14.8 Å². The van der Waals surface area contributed by atoms with Crippen molar-refractivity contribution < 1.29 is 14.3 Å². The zero-order valence-corrected chi connectivity index (χ0v) is 15.0. The molecule has 1 amide bonds. The lowest BCUT2D eigenvalue weighted by Gasteiger charge is -2.06. The third-order valence-corrected chi connectivity index (χ3v) is 3.73. The number of nitrogens with zero attached hydrogens (tertiary/aromatic N) is 4. The number of nitrogens with one attached hydrogen (secondary N) is 1. The molecule has 0 saturated carbocycles. The lowest BCUT2D eigenvalue weighted by atomic mass is 10.3.